The van der Waals surface area contributed by atoms with Crippen LogP contribution in [0, 0.1) is 0 Å². The van der Waals surface area contributed by atoms with E-state index in [1.807, 2.05) is 12.3 Å². The number of nitrogens with one attached hydrogen (secondary N) is 1. The highest BCUT2D eigenvalue weighted by Crippen LogP contribution is 2.17. The number of amides is 1. The minimum Gasteiger partial charge on any atom is -0.398 e. The fraction of sp³-hybridized carbons (Fsp3) is 0.250. The third-order valence-electron chi connectivity index (χ3n) is 2.68. The Hall–Kier alpha value is -2.57. The summed E-state index contributed by atoms with van der Waals surface area (Å²) >= 11 is 0. The van der Waals surface area contributed by atoms with E-state index < -0.39 is 5.91 Å². The SMILES string of the molecule is NC(=O)c1cc(NCCCn2ccnn2)ccc1N. The van der Waals surface area contributed by atoms with Crippen LogP contribution in [0.2, 0.25) is 0 Å². The molecule has 2 aromatic rings. The highest BCUT2D eigenvalue weighted by Gasteiger charge is 2.06. The number of nitrogens with two attached hydrogens (primary N) is 2. The number of carbonyl (C=O) groups excluding carboxylic acids is 1. The van der Waals surface area contributed by atoms with E-state index in [0.717, 1.165) is 25.2 Å². The topological polar surface area (TPSA) is 112 Å². The van der Waals surface area contributed by atoms with Crippen LogP contribution in [0.15, 0.2) is 30.6 Å². The van der Waals surface area contributed by atoms with Crippen LogP contribution in [0.4, 0.5) is 11.4 Å². The summed E-state index contributed by atoms with van der Waals surface area (Å²) < 4.78 is 1.76. The highest BCUT2D eigenvalue weighted by atomic mass is 16.1. The average Bonchev–Trinajstić information content (AvgIpc) is 2.89. The van der Waals surface area contributed by atoms with Gasteiger partial charge in [-0.1, -0.05) is 5.21 Å². The van der Waals surface area contributed by atoms with Gasteiger partial charge in [-0.3, -0.25) is 9.48 Å². The van der Waals surface area contributed by atoms with Gasteiger partial charge in [0.05, 0.1) is 11.8 Å². The van der Waals surface area contributed by atoms with Crippen molar-refractivity contribution in [2.45, 2.75) is 13.0 Å². The predicted octanol–water partition coefficient (Wildman–Crippen LogP) is 0.461. The van der Waals surface area contributed by atoms with E-state index >= 15 is 0 Å². The summed E-state index contributed by atoms with van der Waals surface area (Å²) in [6.07, 6.45) is 4.35. The summed E-state index contributed by atoms with van der Waals surface area (Å²) in [7, 11) is 0. The second-order valence-electron chi connectivity index (χ2n) is 4.11. The molecule has 0 aliphatic rings. The lowest BCUT2D eigenvalue weighted by molar-refractivity contribution is 0.100. The van der Waals surface area contributed by atoms with E-state index in [4.69, 9.17) is 11.5 Å². The van der Waals surface area contributed by atoms with Crippen LogP contribution in [-0.4, -0.2) is 27.4 Å². The van der Waals surface area contributed by atoms with E-state index in [0.29, 0.717) is 11.3 Å². The van der Waals surface area contributed by atoms with Crippen molar-refractivity contribution >= 4 is 17.3 Å². The monoisotopic (exact) mass is 260 g/mol. The molecule has 0 spiro atoms. The van der Waals surface area contributed by atoms with Gasteiger partial charge in [0.2, 0.25) is 0 Å². The molecule has 0 aliphatic carbocycles. The van der Waals surface area contributed by atoms with Crippen molar-refractivity contribution in [3.05, 3.63) is 36.2 Å². The molecule has 0 unspecified atom stereocenters. The van der Waals surface area contributed by atoms with Crippen LogP contribution in [0.25, 0.3) is 0 Å². The Bertz CT molecular complexity index is 551. The van der Waals surface area contributed by atoms with Crippen LogP contribution in [0.5, 0.6) is 0 Å². The second kappa shape index (κ2) is 5.85. The molecule has 0 aliphatic heterocycles. The van der Waals surface area contributed by atoms with Crippen molar-refractivity contribution in [3.63, 3.8) is 0 Å². The summed E-state index contributed by atoms with van der Waals surface area (Å²) in [5, 5.41) is 10.8. The summed E-state index contributed by atoms with van der Waals surface area (Å²) in [5.74, 6) is -0.524. The number of aryl methyl sites for hydroxylation is 1. The van der Waals surface area contributed by atoms with Crippen molar-refractivity contribution in [3.8, 4) is 0 Å². The van der Waals surface area contributed by atoms with Gasteiger partial charge in [-0.05, 0) is 24.6 Å². The van der Waals surface area contributed by atoms with Crippen molar-refractivity contribution in [2.24, 2.45) is 5.73 Å². The lowest BCUT2D eigenvalue weighted by Gasteiger charge is -2.09. The van der Waals surface area contributed by atoms with Gasteiger partial charge in [0.15, 0.2) is 0 Å². The first kappa shape index (κ1) is 12.9. The van der Waals surface area contributed by atoms with E-state index in [9.17, 15) is 4.79 Å². The van der Waals surface area contributed by atoms with Gasteiger partial charge in [-0.15, -0.1) is 5.10 Å². The van der Waals surface area contributed by atoms with Crippen LogP contribution in [-0.2, 0) is 6.54 Å². The minimum atomic E-state index is -0.524. The number of hydrogen-bond donors (Lipinski definition) is 3. The average molecular weight is 260 g/mol. The van der Waals surface area contributed by atoms with Crippen molar-refractivity contribution in [1.82, 2.24) is 15.0 Å². The van der Waals surface area contributed by atoms with Gasteiger partial charge in [-0.2, -0.15) is 0 Å². The highest BCUT2D eigenvalue weighted by molar-refractivity contribution is 5.98. The molecule has 0 fully saturated rings. The molecule has 1 aromatic carbocycles. The first-order valence-electron chi connectivity index (χ1n) is 5.94. The standard InChI is InChI=1S/C12H16N6O/c13-11-3-2-9(8-10(11)12(14)19)15-4-1-6-18-7-5-16-17-18/h2-3,5,7-8,15H,1,4,6,13H2,(H2,14,19). The molecule has 19 heavy (non-hydrogen) atoms. The van der Waals surface area contributed by atoms with Crippen molar-refractivity contribution < 1.29 is 4.79 Å². The number of benzene rings is 1. The fourth-order valence-corrected chi connectivity index (χ4v) is 1.71. The number of carbonyl (C=O) groups is 1. The Labute approximate surface area is 110 Å². The number of hydrogen-bond acceptors (Lipinski definition) is 5. The molecular weight excluding hydrogens is 244 g/mol. The Morgan fingerprint density at radius 1 is 1.42 bits per heavy atom. The number of nitrogens with zero attached hydrogens (tertiary/aromatic N) is 3. The molecule has 0 saturated heterocycles. The molecule has 7 nitrogen and oxygen atoms in total. The zero-order valence-electron chi connectivity index (χ0n) is 10.4. The van der Waals surface area contributed by atoms with Gasteiger partial charge >= 0.3 is 0 Å². The lowest BCUT2D eigenvalue weighted by atomic mass is 10.1. The maximum Gasteiger partial charge on any atom is 0.250 e. The zero-order valence-corrected chi connectivity index (χ0v) is 10.4. The Morgan fingerprint density at radius 2 is 2.26 bits per heavy atom. The fourth-order valence-electron chi connectivity index (χ4n) is 1.71. The van der Waals surface area contributed by atoms with E-state index in [-0.39, 0.29) is 0 Å². The van der Waals surface area contributed by atoms with Gasteiger partial charge in [0, 0.05) is 30.7 Å². The van der Waals surface area contributed by atoms with Gasteiger partial charge in [-0.25, -0.2) is 0 Å². The molecule has 0 bridgehead atoms. The minimum absolute atomic E-state index is 0.335. The van der Waals surface area contributed by atoms with Crippen LogP contribution in [0.3, 0.4) is 0 Å². The van der Waals surface area contributed by atoms with Gasteiger partial charge in [0.25, 0.3) is 5.91 Å². The largest absolute Gasteiger partial charge is 0.398 e. The third kappa shape index (κ3) is 3.44. The zero-order chi connectivity index (χ0) is 13.7. The number of primary amides is 1. The number of rotatable bonds is 6. The molecule has 0 radical (unpaired) electrons. The molecular formula is C12H16N6O. The lowest BCUT2D eigenvalue weighted by Crippen LogP contribution is -2.14. The first-order valence-corrected chi connectivity index (χ1v) is 5.94. The Balaban J connectivity index is 1.86. The molecule has 1 amide bonds. The number of aromatic nitrogens is 3. The molecule has 5 N–H and O–H groups in total. The van der Waals surface area contributed by atoms with E-state index in [2.05, 4.69) is 15.6 Å². The van der Waals surface area contributed by atoms with Crippen LogP contribution < -0.4 is 16.8 Å². The molecule has 0 atom stereocenters. The number of anilines is 2. The summed E-state index contributed by atoms with van der Waals surface area (Å²) in [6, 6.07) is 5.14. The van der Waals surface area contributed by atoms with Gasteiger partial charge < -0.3 is 16.8 Å². The first-order chi connectivity index (χ1) is 9.16. The Kier molecular flexibility index (Phi) is 3.97. The molecule has 2 rings (SSSR count). The molecule has 1 heterocycles. The van der Waals surface area contributed by atoms with Crippen LogP contribution >= 0.6 is 0 Å². The third-order valence-corrected chi connectivity index (χ3v) is 2.68. The van der Waals surface area contributed by atoms with E-state index in [1.54, 1.807) is 23.0 Å². The van der Waals surface area contributed by atoms with Crippen molar-refractivity contribution in [2.75, 3.05) is 17.6 Å². The number of nitrogen functional groups attached to an aromatic ring is 1. The van der Waals surface area contributed by atoms with Gasteiger partial charge in [0.1, 0.15) is 0 Å². The summed E-state index contributed by atoms with van der Waals surface area (Å²) in [4.78, 5) is 11.2. The maximum absolute atomic E-state index is 11.2. The smallest absolute Gasteiger partial charge is 0.250 e. The second-order valence-corrected chi connectivity index (χ2v) is 4.11. The molecule has 7 heteroatoms. The summed E-state index contributed by atoms with van der Waals surface area (Å²) in [5.41, 5.74) is 12.4. The quantitative estimate of drug-likeness (QED) is 0.516. The Morgan fingerprint density at radius 3 is 2.95 bits per heavy atom. The molecule has 1 aromatic heterocycles. The predicted molar refractivity (Wildman–Crippen MR) is 72.5 cm³/mol. The normalized spacial score (nSPS) is 10.3. The van der Waals surface area contributed by atoms with Crippen molar-refractivity contribution in [1.29, 1.82) is 0 Å². The molecule has 0 saturated carbocycles. The summed E-state index contributed by atoms with van der Waals surface area (Å²) in [6.45, 7) is 1.53. The van der Waals surface area contributed by atoms with E-state index in [1.165, 1.54) is 0 Å². The van der Waals surface area contributed by atoms with Crippen LogP contribution in [0.1, 0.15) is 16.8 Å². The maximum atomic E-state index is 11.2. The molecule has 100 valence electrons.